The van der Waals surface area contributed by atoms with E-state index in [4.69, 9.17) is 0 Å². The molecule has 2 atom stereocenters. The summed E-state index contributed by atoms with van der Waals surface area (Å²) in [7, 11) is -3.81. The lowest BCUT2D eigenvalue weighted by atomic mass is 9.88. The van der Waals surface area contributed by atoms with E-state index in [-0.39, 0.29) is 10.7 Å². The van der Waals surface area contributed by atoms with Gasteiger partial charge in [-0.05, 0) is 43.2 Å². The van der Waals surface area contributed by atoms with E-state index >= 15 is 0 Å². The highest BCUT2D eigenvalue weighted by molar-refractivity contribution is 7.89. The molecule has 3 heterocycles. The molecule has 0 aliphatic carbocycles. The molecule has 2 aliphatic heterocycles. The predicted molar refractivity (Wildman–Crippen MR) is 103 cm³/mol. The third-order valence-corrected chi connectivity index (χ3v) is 7.39. The van der Waals surface area contributed by atoms with E-state index in [2.05, 4.69) is 4.98 Å². The second kappa shape index (κ2) is 5.65. The molecule has 2 bridgehead atoms. The van der Waals surface area contributed by atoms with Crippen molar-refractivity contribution in [2.24, 2.45) is 0 Å². The monoisotopic (exact) mass is 378 g/mol. The zero-order chi connectivity index (χ0) is 18.8. The predicted octanol–water partition coefficient (Wildman–Crippen LogP) is 3.27. The Morgan fingerprint density at radius 3 is 2.59 bits per heavy atom. The lowest BCUT2D eigenvalue weighted by Crippen LogP contribution is -2.52. The van der Waals surface area contributed by atoms with Gasteiger partial charge >= 0.3 is 0 Å². The number of sulfonamides is 1. The number of ketones is 1. The number of aromatic nitrogens is 1. The van der Waals surface area contributed by atoms with Gasteiger partial charge < -0.3 is 4.98 Å². The summed E-state index contributed by atoms with van der Waals surface area (Å²) in [6.45, 7) is 1.91. The zero-order valence-corrected chi connectivity index (χ0v) is 15.5. The van der Waals surface area contributed by atoms with Gasteiger partial charge in [-0.3, -0.25) is 4.79 Å². The van der Waals surface area contributed by atoms with Crippen molar-refractivity contribution in [1.82, 2.24) is 9.29 Å². The first kappa shape index (κ1) is 16.5. The highest BCUT2D eigenvalue weighted by Gasteiger charge is 2.47. The van der Waals surface area contributed by atoms with Crippen LogP contribution >= 0.6 is 0 Å². The van der Waals surface area contributed by atoms with Crippen LogP contribution in [0.25, 0.3) is 10.9 Å². The highest BCUT2D eigenvalue weighted by Crippen LogP contribution is 2.43. The molecule has 0 saturated heterocycles. The van der Waals surface area contributed by atoms with Gasteiger partial charge in [-0.15, -0.1) is 0 Å². The largest absolute Gasteiger partial charge is 0.357 e. The Hall–Kier alpha value is -2.70. The lowest BCUT2D eigenvalue weighted by molar-refractivity contribution is -0.119. The van der Waals surface area contributed by atoms with Crippen LogP contribution in [0.1, 0.15) is 22.9 Å². The van der Waals surface area contributed by atoms with Crippen LogP contribution < -0.4 is 0 Å². The van der Waals surface area contributed by atoms with Crippen LogP contribution in [-0.4, -0.2) is 29.5 Å². The van der Waals surface area contributed by atoms with Crippen molar-refractivity contribution in [2.45, 2.75) is 30.3 Å². The number of H-pyrrole nitrogens is 1. The van der Waals surface area contributed by atoms with E-state index < -0.39 is 22.1 Å². The smallest absolute Gasteiger partial charge is 0.244 e. The number of nitrogens with one attached hydrogen (secondary N) is 1. The third-order valence-electron chi connectivity index (χ3n) is 5.49. The Morgan fingerprint density at radius 1 is 1.07 bits per heavy atom. The van der Waals surface area contributed by atoms with E-state index in [0.29, 0.717) is 6.42 Å². The molecule has 1 N–H and O–H groups in total. The van der Waals surface area contributed by atoms with E-state index in [9.17, 15) is 13.2 Å². The van der Waals surface area contributed by atoms with Gasteiger partial charge in [0.1, 0.15) is 0 Å². The highest BCUT2D eigenvalue weighted by atomic mass is 32.2. The first-order chi connectivity index (χ1) is 13.0. The molecule has 2 aliphatic rings. The number of aryl methyl sites for hydroxylation is 1. The number of nitrogens with zero attached hydrogens (tertiary/aromatic N) is 1. The summed E-state index contributed by atoms with van der Waals surface area (Å²) in [6.07, 6.45) is 3.59. The van der Waals surface area contributed by atoms with Crippen molar-refractivity contribution in [3.63, 3.8) is 0 Å². The van der Waals surface area contributed by atoms with Gasteiger partial charge in [-0.25, -0.2) is 8.42 Å². The minimum absolute atomic E-state index is 0.169. The summed E-state index contributed by atoms with van der Waals surface area (Å²) in [6, 6.07) is 13.4. The summed E-state index contributed by atoms with van der Waals surface area (Å²) in [5.41, 5.74) is 3.84. The van der Waals surface area contributed by atoms with E-state index in [1.807, 2.05) is 31.2 Å². The lowest BCUT2D eigenvalue weighted by Gasteiger charge is -2.40. The number of aromatic amines is 1. The van der Waals surface area contributed by atoms with Crippen molar-refractivity contribution in [2.75, 3.05) is 0 Å². The molecule has 0 radical (unpaired) electrons. The molecule has 0 saturated carbocycles. The van der Waals surface area contributed by atoms with Crippen molar-refractivity contribution in [3.8, 4) is 0 Å². The number of carbonyl (C=O) groups is 1. The summed E-state index contributed by atoms with van der Waals surface area (Å²) in [5, 5.41) is 1.05. The van der Waals surface area contributed by atoms with Gasteiger partial charge in [-0.2, -0.15) is 4.31 Å². The van der Waals surface area contributed by atoms with Crippen molar-refractivity contribution in [3.05, 3.63) is 77.5 Å². The maximum absolute atomic E-state index is 13.4. The van der Waals surface area contributed by atoms with Gasteiger partial charge in [0, 0.05) is 16.6 Å². The maximum atomic E-state index is 13.4. The molecule has 0 spiro atoms. The number of carbonyl (C=O) groups excluding carboxylic acids is 1. The topological polar surface area (TPSA) is 70.2 Å². The standard InChI is InChI=1S/C21H18N2O3S/c1-13-6-8-14(9-7-13)27(25,26)23-18-10-11-20(24)19(23)12-16-15-4-2-3-5-17(15)22-21(16)18/h2-11,18-19,22H,12H2,1H3. The Kier molecular flexibility index (Phi) is 3.44. The fourth-order valence-corrected chi connectivity index (χ4v) is 5.86. The first-order valence-corrected chi connectivity index (χ1v) is 10.3. The Balaban J connectivity index is 1.71. The minimum atomic E-state index is -3.81. The summed E-state index contributed by atoms with van der Waals surface area (Å²) in [5.74, 6) is -0.169. The van der Waals surface area contributed by atoms with Gasteiger partial charge in [0.2, 0.25) is 10.0 Å². The molecule has 2 unspecified atom stereocenters. The second-order valence-corrected chi connectivity index (χ2v) is 8.98. The molecule has 5 nitrogen and oxygen atoms in total. The molecule has 0 amide bonds. The van der Waals surface area contributed by atoms with Crippen LogP contribution in [0.15, 0.2) is 65.6 Å². The molecule has 2 aromatic carbocycles. The van der Waals surface area contributed by atoms with Crippen LogP contribution in [0.2, 0.25) is 0 Å². The number of hydrogen-bond acceptors (Lipinski definition) is 3. The summed E-state index contributed by atoms with van der Waals surface area (Å²) in [4.78, 5) is 16.2. The quantitative estimate of drug-likeness (QED) is 0.744. The van der Waals surface area contributed by atoms with Gasteiger partial charge in [0.15, 0.2) is 5.78 Å². The van der Waals surface area contributed by atoms with Gasteiger partial charge in [-0.1, -0.05) is 42.0 Å². The number of hydrogen-bond donors (Lipinski definition) is 1. The third kappa shape index (κ3) is 2.33. The molecule has 0 fully saturated rings. The molecule has 3 aromatic rings. The SMILES string of the molecule is Cc1ccc(S(=O)(=O)N2C3Cc4c([nH]c5ccccc45)C2C=CC3=O)cc1. The molecule has 27 heavy (non-hydrogen) atoms. The second-order valence-electron chi connectivity index (χ2n) is 7.14. The van der Waals surface area contributed by atoms with Crippen LogP contribution in [0.4, 0.5) is 0 Å². The zero-order valence-electron chi connectivity index (χ0n) is 14.7. The van der Waals surface area contributed by atoms with E-state index in [1.54, 1.807) is 30.3 Å². The number of rotatable bonds is 2. The van der Waals surface area contributed by atoms with Crippen molar-refractivity contribution >= 4 is 26.7 Å². The van der Waals surface area contributed by atoms with E-state index in [0.717, 1.165) is 27.7 Å². The molecule has 136 valence electrons. The Morgan fingerprint density at radius 2 is 1.81 bits per heavy atom. The van der Waals surface area contributed by atoms with Crippen molar-refractivity contribution in [1.29, 1.82) is 0 Å². The maximum Gasteiger partial charge on any atom is 0.244 e. The van der Waals surface area contributed by atoms with Crippen molar-refractivity contribution < 1.29 is 13.2 Å². The average molecular weight is 378 g/mol. The number of benzene rings is 2. The van der Waals surface area contributed by atoms with Crippen LogP contribution in [0.5, 0.6) is 0 Å². The Labute approximate surface area is 157 Å². The fourth-order valence-electron chi connectivity index (χ4n) is 4.15. The molecule has 1 aromatic heterocycles. The molecular formula is C21H18N2O3S. The summed E-state index contributed by atoms with van der Waals surface area (Å²) < 4.78 is 28.2. The Bertz CT molecular complexity index is 1210. The van der Waals surface area contributed by atoms with Gasteiger partial charge in [0.25, 0.3) is 0 Å². The number of para-hydroxylation sites is 1. The first-order valence-electron chi connectivity index (χ1n) is 8.88. The molecule has 5 rings (SSSR count). The molecular weight excluding hydrogens is 360 g/mol. The number of fused-ring (bicyclic) bond motifs is 6. The van der Waals surface area contributed by atoms with Gasteiger partial charge in [0.05, 0.1) is 17.0 Å². The van der Waals surface area contributed by atoms with Crippen LogP contribution in [-0.2, 0) is 21.2 Å². The van der Waals surface area contributed by atoms with E-state index in [1.165, 1.54) is 10.4 Å². The average Bonchev–Trinajstić information content (AvgIpc) is 3.03. The molecule has 6 heteroatoms. The minimum Gasteiger partial charge on any atom is -0.357 e. The fraction of sp³-hybridized carbons (Fsp3) is 0.190. The normalized spacial score (nSPS) is 22.2. The van der Waals surface area contributed by atoms with Crippen LogP contribution in [0.3, 0.4) is 0 Å². The summed E-state index contributed by atoms with van der Waals surface area (Å²) >= 11 is 0. The van der Waals surface area contributed by atoms with Crippen LogP contribution in [0, 0.1) is 6.92 Å².